The molecule has 0 unspecified atom stereocenters. The minimum absolute atomic E-state index is 0.163. The van der Waals surface area contributed by atoms with E-state index in [9.17, 15) is 0 Å². The molecule has 0 aromatic heterocycles. The molecular formula is C42H44P2. The molecule has 0 aliphatic carbocycles. The summed E-state index contributed by atoms with van der Waals surface area (Å²) < 4.78 is 0. The van der Waals surface area contributed by atoms with Gasteiger partial charge in [-0.25, -0.2) is 0 Å². The molecule has 6 rings (SSSR count). The lowest BCUT2D eigenvalue weighted by Gasteiger charge is -2.29. The Balaban J connectivity index is 1.64. The molecule has 222 valence electrons. The number of hydrogen-bond donors (Lipinski definition) is 0. The molecule has 0 bridgehead atoms. The van der Waals surface area contributed by atoms with Crippen LogP contribution in [-0.4, -0.2) is 11.3 Å². The van der Waals surface area contributed by atoms with Crippen molar-refractivity contribution in [2.45, 2.75) is 65.2 Å². The van der Waals surface area contributed by atoms with Crippen LogP contribution >= 0.6 is 15.8 Å². The molecule has 0 atom stereocenters. The lowest BCUT2D eigenvalue weighted by molar-refractivity contribution is 0.996. The predicted octanol–water partition coefficient (Wildman–Crippen LogP) is 11.7. The summed E-state index contributed by atoms with van der Waals surface area (Å²) >= 11 is 0. The van der Waals surface area contributed by atoms with E-state index in [2.05, 4.69) is 163 Å². The van der Waals surface area contributed by atoms with Crippen LogP contribution in [0.1, 0.15) is 49.9 Å². The van der Waals surface area contributed by atoms with Gasteiger partial charge in [-0.15, -0.1) is 0 Å². The first-order valence-corrected chi connectivity index (χ1v) is 19.2. The second kappa shape index (κ2) is 13.4. The summed E-state index contributed by atoms with van der Waals surface area (Å²) in [6.45, 7) is 14.3. The van der Waals surface area contributed by atoms with Gasteiger partial charge in [0.05, 0.1) is 0 Å². The molecule has 0 aliphatic heterocycles. The van der Waals surface area contributed by atoms with Crippen molar-refractivity contribution in [3.05, 3.63) is 144 Å². The maximum Gasteiger partial charge on any atom is 0.00140 e. The van der Waals surface area contributed by atoms with E-state index in [1.807, 2.05) is 0 Å². The van der Waals surface area contributed by atoms with Crippen molar-refractivity contribution in [2.24, 2.45) is 0 Å². The van der Waals surface area contributed by atoms with Crippen LogP contribution in [-0.2, 0) is 12.3 Å². The third kappa shape index (κ3) is 6.13. The second-order valence-corrected chi connectivity index (χ2v) is 18.2. The molecule has 0 radical (unpaired) electrons. The van der Waals surface area contributed by atoms with Crippen LogP contribution in [0.15, 0.2) is 121 Å². The quantitative estimate of drug-likeness (QED) is 0.143. The fourth-order valence-corrected chi connectivity index (χ4v) is 12.2. The van der Waals surface area contributed by atoms with Gasteiger partial charge in [-0.1, -0.05) is 157 Å². The molecule has 0 aliphatic rings. The van der Waals surface area contributed by atoms with Gasteiger partial charge in [0.25, 0.3) is 0 Å². The summed E-state index contributed by atoms with van der Waals surface area (Å²) in [5.41, 5.74) is 9.99. The van der Waals surface area contributed by atoms with Gasteiger partial charge in [-0.3, -0.25) is 0 Å². The number of aryl methyl sites for hydroxylation is 2. The van der Waals surface area contributed by atoms with Crippen LogP contribution in [0.4, 0.5) is 0 Å². The number of hydrogen-bond acceptors (Lipinski definition) is 0. The molecule has 2 heteroatoms. The van der Waals surface area contributed by atoms with Gasteiger partial charge in [-0.05, 0) is 105 Å². The van der Waals surface area contributed by atoms with Gasteiger partial charge >= 0.3 is 0 Å². The van der Waals surface area contributed by atoms with Crippen LogP contribution in [0.3, 0.4) is 0 Å². The van der Waals surface area contributed by atoms with Crippen molar-refractivity contribution in [3.63, 3.8) is 0 Å². The SMILES string of the molecule is Cc1ccccc1P(Cc1ccc2ccccc2c1-c1c(CP(C(C)C)C(C)C)ccc2ccccc12)c1ccccc1C. The lowest BCUT2D eigenvalue weighted by Crippen LogP contribution is -2.18. The lowest BCUT2D eigenvalue weighted by atomic mass is 9.88. The highest BCUT2D eigenvalue weighted by Gasteiger charge is 2.25. The molecule has 0 saturated carbocycles. The van der Waals surface area contributed by atoms with Crippen molar-refractivity contribution < 1.29 is 0 Å². The first-order valence-electron chi connectivity index (χ1n) is 16.0. The number of benzene rings is 6. The fraction of sp³-hybridized carbons (Fsp3) is 0.238. The summed E-state index contributed by atoms with van der Waals surface area (Å²) in [5.74, 6) is 0. The van der Waals surface area contributed by atoms with Gasteiger partial charge in [0.15, 0.2) is 0 Å². The van der Waals surface area contributed by atoms with E-state index in [-0.39, 0.29) is 7.92 Å². The zero-order valence-corrected chi connectivity index (χ0v) is 28.8. The third-order valence-corrected chi connectivity index (χ3v) is 15.3. The highest BCUT2D eigenvalue weighted by atomic mass is 31.1. The molecule has 44 heavy (non-hydrogen) atoms. The Morgan fingerprint density at radius 1 is 0.455 bits per heavy atom. The largest absolute Gasteiger partial charge is 0.0969 e. The summed E-state index contributed by atoms with van der Waals surface area (Å²) in [7, 11) is -0.780. The average Bonchev–Trinajstić information content (AvgIpc) is 3.03. The third-order valence-electron chi connectivity index (χ3n) is 9.10. The van der Waals surface area contributed by atoms with Crippen molar-refractivity contribution in [2.75, 3.05) is 0 Å². The van der Waals surface area contributed by atoms with Gasteiger partial charge in [-0.2, -0.15) is 0 Å². The van der Waals surface area contributed by atoms with Crippen molar-refractivity contribution in [1.82, 2.24) is 0 Å². The Morgan fingerprint density at radius 3 is 1.32 bits per heavy atom. The van der Waals surface area contributed by atoms with E-state index in [1.54, 1.807) is 0 Å². The molecule has 0 nitrogen and oxygen atoms in total. The molecule has 0 saturated heterocycles. The summed E-state index contributed by atoms with van der Waals surface area (Å²) in [4.78, 5) is 0. The molecule has 0 amide bonds. The van der Waals surface area contributed by atoms with Gasteiger partial charge in [0, 0.05) is 6.16 Å². The maximum atomic E-state index is 2.45. The van der Waals surface area contributed by atoms with E-state index in [0.29, 0.717) is 11.3 Å². The number of fused-ring (bicyclic) bond motifs is 2. The molecule has 0 fully saturated rings. The Morgan fingerprint density at radius 2 is 0.864 bits per heavy atom. The minimum Gasteiger partial charge on any atom is -0.0969 e. The standard InChI is InChI=1S/C42H44P2/c1-29(2)43(30(3)4)27-35-25-23-33-17-9-11-19-37(33)41(35)42-36(26-24-34-18-10-12-20-38(34)42)28-44(39-21-13-7-15-31(39)5)40-22-14-8-16-32(40)6/h7-26,29-30H,27-28H2,1-6H3. The molecule has 6 aromatic carbocycles. The monoisotopic (exact) mass is 610 g/mol. The smallest absolute Gasteiger partial charge is 0.00140 e. The first-order chi connectivity index (χ1) is 21.3. The Labute approximate surface area is 267 Å². The minimum atomic E-state index is -0.617. The fourth-order valence-electron chi connectivity index (χ4n) is 6.85. The molecule has 0 heterocycles. The Bertz CT molecular complexity index is 1860. The topological polar surface area (TPSA) is 0 Å². The van der Waals surface area contributed by atoms with Crippen LogP contribution in [0, 0.1) is 13.8 Å². The highest BCUT2D eigenvalue weighted by molar-refractivity contribution is 7.72. The van der Waals surface area contributed by atoms with Crippen LogP contribution in [0.2, 0.25) is 0 Å². The van der Waals surface area contributed by atoms with E-state index >= 15 is 0 Å². The van der Waals surface area contributed by atoms with Gasteiger partial charge in [0.1, 0.15) is 0 Å². The second-order valence-electron chi connectivity index (χ2n) is 12.7. The maximum absolute atomic E-state index is 2.45. The summed E-state index contributed by atoms with van der Waals surface area (Å²) in [6, 6.07) is 45.8. The molecular weight excluding hydrogens is 566 g/mol. The van der Waals surface area contributed by atoms with Crippen LogP contribution in [0.5, 0.6) is 0 Å². The average molecular weight is 611 g/mol. The van der Waals surface area contributed by atoms with Crippen LogP contribution in [0.25, 0.3) is 32.7 Å². The van der Waals surface area contributed by atoms with Gasteiger partial charge in [0.2, 0.25) is 0 Å². The van der Waals surface area contributed by atoms with E-state index in [4.69, 9.17) is 0 Å². The molecule has 0 N–H and O–H groups in total. The zero-order valence-electron chi connectivity index (χ0n) is 27.0. The Hall–Kier alpha value is -3.30. The van der Waals surface area contributed by atoms with Crippen molar-refractivity contribution >= 4 is 48.0 Å². The number of rotatable bonds is 9. The van der Waals surface area contributed by atoms with Crippen molar-refractivity contribution in [1.29, 1.82) is 0 Å². The van der Waals surface area contributed by atoms with Gasteiger partial charge < -0.3 is 0 Å². The van der Waals surface area contributed by atoms with E-state index in [1.165, 1.54) is 65.5 Å². The van der Waals surface area contributed by atoms with E-state index in [0.717, 1.165) is 12.3 Å². The normalized spacial score (nSPS) is 12.0. The van der Waals surface area contributed by atoms with E-state index < -0.39 is 7.92 Å². The van der Waals surface area contributed by atoms with Crippen LogP contribution < -0.4 is 10.6 Å². The first kappa shape index (κ1) is 30.7. The molecule has 0 spiro atoms. The summed E-state index contributed by atoms with van der Waals surface area (Å²) in [5, 5.41) is 8.35. The zero-order chi connectivity index (χ0) is 30.8. The highest BCUT2D eigenvalue weighted by Crippen LogP contribution is 2.52. The Kier molecular flexibility index (Phi) is 9.33. The molecule has 6 aromatic rings. The van der Waals surface area contributed by atoms with Crippen molar-refractivity contribution in [3.8, 4) is 11.1 Å². The summed E-state index contributed by atoms with van der Waals surface area (Å²) in [6.07, 6.45) is 2.16. The predicted molar refractivity (Wildman–Crippen MR) is 200 cm³/mol.